The fourth-order valence-electron chi connectivity index (χ4n) is 7.86. The maximum atomic E-state index is 14.3. The van der Waals surface area contributed by atoms with E-state index < -0.39 is 34.9 Å². The molecule has 1 saturated carbocycles. The number of carbonyl (C=O) groups is 1. The van der Waals surface area contributed by atoms with Crippen LogP contribution in [-0.2, 0) is 10.2 Å². The first-order valence-corrected chi connectivity index (χ1v) is 18.9. The molecule has 1 spiro atoms. The van der Waals surface area contributed by atoms with E-state index in [1.807, 2.05) is 20.8 Å². The number of aromatic nitrogens is 2. The predicted molar refractivity (Wildman–Crippen MR) is 180 cm³/mol. The minimum absolute atomic E-state index is 0.0571. The number of ether oxygens (including phenoxy) is 1. The third kappa shape index (κ3) is 8.15. The molecular formula is C34H48F3N7O4S. The fraction of sp³-hybridized carbons (Fsp3) is 0.676. The third-order valence-corrected chi connectivity index (χ3v) is 12.3. The van der Waals surface area contributed by atoms with Gasteiger partial charge in [-0.1, -0.05) is 0 Å². The Hall–Kier alpha value is -3.01. The predicted octanol–water partition coefficient (Wildman–Crippen LogP) is 4.91. The van der Waals surface area contributed by atoms with E-state index in [0.29, 0.717) is 36.9 Å². The Kier molecular flexibility index (Phi) is 10.5. The minimum atomic E-state index is -3.90. The molecule has 1 amide bonds. The van der Waals surface area contributed by atoms with Crippen LogP contribution in [0, 0.1) is 17.2 Å². The van der Waals surface area contributed by atoms with Crippen LogP contribution in [0.4, 0.5) is 19.0 Å². The number of carbonyl (C=O) groups excluding carboxylic acids is 1. The van der Waals surface area contributed by atoms with Gasteiger partial charge in [-0.15, -0.1) is 0 Å². The Balaban J connectivity index is 0.988. The Labute approximate surface area is 287 Å². The Morgan fingerprint density at radius 1 is 1.06 bits per heavy atom. The first-order valence-electron chi connectivity index (χ1n) is 17.5. The van der Waals surface area contributed by atoms with Gasteiger partial charge in [0.25, 0.3) is 22.0 Å². The van der Waals surface area contributed by atoms with E-state index in [0.717, 1.165) is 62.7 Å². The molecule has 4 aliphatic rings. The van der Waals surface area contributed by atoms with Crippen molar-refractivity contribution in [3.8, 4) is 11.5 Å². The van der Waals surface area contributed by atoms with Crippen LogP contribution < -0.4 is 14.4 Å². The van der Waals surface area contributed by atoms with Gasteiger partial charge in [-0.25, -0.2) is 23.1 Å². The van der Waals surface area contributed by atoms with Crippen molar-refractivity contribution in [1.29, 1.82) is 0 Å². The third-order valence-electron chi connectivity index (χ3n) is 10.7. The second-order valence-corrected chi connectivity index (χ2v) is 16.3. The molecule has 4 heterocycles. The minimum Gasteiger partial charge on any atom is -0.451 e. The highest BCUT2D eigenvalue weighted by atomic mass is 32.2. The van der Waals surface area contributed by atoms with Gasteiger partial charge >= 0.3 is 0 Å². The number of hydrogen-bond acceptors (Lipinski definition) is 8. The lowest BCUT2D eigenvalue weighted by molar-refractivity contribution is 0.0182. The second kappa shape index (κ2) is 14.3. The number of piperidine rings is 1. The van der Waals surface area contributed by atoms with Gasteiger partial charge in [-0.05, 0) is 96.5 Å². The second-order valence-electron chi connectivity index (χ2n) is 14.6. The summed E-state index contributed by atoms with van der Waals surface area (Å²) >= 11 is 0. The number of benzene rings is 1. The van der Waals surface area contributed by atoms with Crippen LogP contribution in [-0.4, -0.2) is 109 Å². The van der Waals surface area contributed by atoms with Gasteiger partial charge in [0.1, 0.15) is 17.9 Å². The van der Waals surface area contributed by atoms with E-state index in [2.05, 4.69) is 24.5 Å². The van der Waals surface area contributed by atoms with Gasteiger partial charge in [-0.3, -0.25) is 4.79 Å². The van der Waals surface area contributed by atoms with Gasteiger partial charge < -0.3 is 19.4 Å². The van der Waals surface area contributed by atoms with Crippen LogP contribution in [0.2, 0.25) is 0 Å². The maximum absolute atomic E-state index is 14.3. The topological polar surface area (TPSA) is 111 Å². The van der Waals surface area contributed by atoms with Crippen LogP contribution in [0.5, 0.6) is 11.5 Å². The summed E-state index contributed by atoms with van der Waals surface area (Å²) in [6.45, 7) is 9.93. The molecule has 49 heavy (non-hydrogen) atoms. The first kappa shape index (κ1) is 35.8. The van der Waals surface area contributed by atoms with E-state index in [1.54, 1.807) is 11.1 Å². The van der Waals surface area contributed by atoms with Gasteiger partial charge in [0.2, 0.25) is 0 Å². The zero-order valence-corrected chi connectivity index (χ0v) is 29.4. The molecule has 15 heteroatoms. The summed E-state index contributed by atoms with van der Waals surface area (Å²) in [6, 6.07) is 3.70. The molecule has 270 valence electrons. The molecule has 0 atom stereocenters. The number of alkyl halides is 2. The number of halogens is 3. The van der Waals surface area contributed by atoms with Gasteiger partial charge in [0.05, 0.1) is 18.3 Å². The standard InChI is InChI=1S/C34H48F3N7O4S/c1-4-44(24(2)3)32(45)28-17-26(35)7-10-29(28)48-30-18-38-23-39-31(30)42-20-33(21-42)11-14-41(15-12-33)19-25-5-8-27(9-6-25)40-49(46,47)43-16-13-34(36,37)22-43/h7,10,17-18,23-25,27,40H,4-6,8-9,11-16,19-22H2,1-3H3/t25-,27-. The number of anilines is 1. The number of hydrogen-bond donors (Lipinski definition) is 1. The van der Waals surface area contributed by atoms with Crippen molar-refractivity contribution in [2.75, 3.05) is 57.3 Å². The Morgan fingerprint density at radius 2 is 1.78 bits per heavy atom. The lowest BCUT2D eigenvalue weighted by atomic mass is 9.71. The molecule has 2 aromatic rings. The fourth-order valence-corrected chi connectivity index (χ4v) is 9.35. The smallest absolute Gasteiger partial charge is 0.279 e. The molecule has 11 nitrogen and oxygen atoms in total. The quantitative estimate of drug-likeness (QED) is 0.351. The van der Waals surface area contributed by atoms with E-state index in [9.17, 15) is 26.4 Å². The monoisotopic (exact) mass is 707 g/mol. The molecule has 0 unspecified atom stereocenters. The molecule has 3 aliphatic heterocycles. The lowest BCUT2D eigenvalue weighted by Crippen LogP contribution is -2.61. The number of amides is 1. The summed E-state index contributed by atoms with van der Waals surface area (Å²) in [5, 5.41) is 0. The highest BCUT2D eigenvalue weighted by molar-refractivity contribution is 7.87. The van der Waals surface area contributed by atoms with Crippen molar-refractivity contribution >= 4 is 21.9 Å². The lowest BCUT2D eigenvalue weighted by Gasteiger charge is -2.54. The zero-order valence-electron chi connectivity index (χ0n) is 28.6. The van der Waals surface area contributed by atoms with E-state index in [-0.39, 0.29) is 41.3 Å². The van der Waals surface area contributed by atoms with Crippen molar-refractivity contribution < 1.29 is 31.1 Å². The Bertz CT molecular complexity index is 1590. The largest absolute Gasteiger partial charge is 0.451 e. The first-order chi connectivity index (χ1) is 23.3. The molecular weight excluding hydrogens is 659 g/mol. The van der Waals surface area contributed by atoms with E-state index >= 15 is 0 Å². The van der Waals surface area contributed by atoms with Crippen LogP contribution in [0.3, 0.4) is 0 Å². The zero-order chi connectivity index (χ0) is 35.0. The summed E-state index contributed by atoms with van der Waals surface area (Å²) in [5.41, 5.74) is 0.332. The normalized spacial score (nSPS) is 24.3. The van der Waals surface area contributed by atoms with Crippen molar-refractivity contribution in [2.24, 2.45) is 11.3 Å². The van der Waals surface area contributed by atoms with Gasteiger partial charge in [-0.2, -0.15) is 17.4 Å². The Morgan fingerprint density at radius 3 is 2.41 bits per heavy atom. The van der Waals surface area contributed by atoms with Gasteiger partial charge in [0.15, 0.2) is 11.6 Å². The summed E-state index contributed by atoms with van der Waals surface area (Å²) in [5.74, 6) is -1.96. The molecule has 1 aliphatic carbocycles. The van der Waals surface area contributed by atoms with Crippen molar-refractivity contribution in [2.45, 2.75) is 83.7 Å². The molecule has 1 N–H and O–H groups in total. The molecule has 3 saturated heterocycles. The molecule has 6 rings (SSSR count). The molecule has 0 bridgehead atoms. The van der Waals surface area contributed by atoms with Gasteiger partial charge in [0, 0.05) is 56.6 Å². The SMILES string of the molecule is CCN(C(=O)c1cc(F)ccc1Oc1cncnc1N1CC2(CCN(C[C@H]3CC[C@H](NS(=O)(=O)N4CCC(F)(F)C4)CC3)CC2)C1)C(C)C. The average Bonchev–Trinajstić information content (AvgIpc) is 3.43. The van der Waals surface area contributed by atoms with Crippen LogP contribution in [0.15, 0.2) is 30.7 Å². The average molecular weight is 708 g/mol. The summed E-state index contributed by atoms with van der Waals surface area (Å²) in [7, 11) is -3.90. The van der Waals surface area contributed by atoms with Crippen molar-refractivity contribution in [1.82, 2.24) is 28.8 Å². The van der Waals surface area contributed by atoms with E-state index in [1.165, 1.54) is 24.5 Å². The summed E-state index contributed by atoms with van der Waals surface area (Å²) in [4.78, 5) is 28.4. The number of nitrogens with zero attached hydrogens (tertiary/aromatic N) is 6. The molecule has 4 fully saturated rings. The number of nitrogens with one attached hydrogen (secondary N) is 1. The number of rotatable bonds is 11. The van der Waals surface area contributed by atoms with Crippen molar-refractivity contribution in [3.05, 3.63) is 42.1 Å². The van der Waals surface area contributed by atoms with Crippen LogP contribution in [0.1, 0.15) is 76.1 Å². The van der Waals surface area contributed by atoms with Crippen LogP contribution in [0.25, 0.3) is 0 Å². The van der Waals surface area contributed by atoms with E-state index in [4.69, 9.17) is 4.74 Å². The highest BCUT2D eigenvalue weighted by Gasteiger charge is 2.47. The summed E-state index contributed by atoms with van der Waals surface area (Å²) in [6.07, 6.45) is 7.99. The number of likely N-dealkylation sites (tertiary alicyclic amines) is 1. The van der Waals surface area contributed by atoms with Crippen molar-refractivity contribution in [3.63, 3.8) is 0 Å². The maximum Gasteiger partial charge on any atom is 0.279 e. The van der Waals surface area contributed by atoms with Crippen LogP contribution >= 0.6 is 0 Å². The molecule has 1 aromatic carbocycles. The molecule has 0 radical (unpaired) electrons. The molecule has 1 aromatic heterocycles. The summed E-state index contributed by atoms with van der Waals surface area (Å²) < 4.78 is 76.4. The highest BCUT2D eigenvalue weighted by Crippen LogP contribution is 2.45.